The Morgan fingerprint density at radius 1 is 1.29 bits per heavy atom. The first-order chi connectivity index (χ1) is 13.4. The molecule has 1 aliphatic rings. The number of amides is 1. The highest BCUT2D eigenvalue weighted by Crippen LogP contribution is 2.41. The van der Waals surface area contributed by atoms with Crippen molar-refractivity contribution in [3.63, 3.8) is 0 Å². The molecular formula is C22H30N2O3S. The molecule has 1 saturated carbocycles. The Morgan fingerprint density at radius 2 is 2.04 bits per heavy atom. The van der Waals surface area contributed by atoms with E-state index in [9.17, 15) is 14.7 Å². The summed E-state index contributed by atoms with van der Waals surface area (Å²) in [6, 6.07) is 6.37. The average molecular weight is 403 g/mol. The summed E-state index contributed by atoms with van der Waals surface area (Å²) in [5, 5.41) is 13.5. The topological polar surface area (TPSA) is 79.3 Å². The Labute approximate surface area is 170 Å². The number of hydrogen-bond acceptors (Lipinski definition) is 4. The second-order valence-corrected chi connectivity index (χ2v) is 9.41. The van der Waals surface area contributed by atoms with Gasteiger partial charge in [0.15, 0.2) is 0 Å². The van der Waals surface area contributed by atoms with Crippen LogP contribution in [0, 0.1) is 18.3 Å². The van der Waals surface area contributed by atoms with E-state index in [2.05, 4.69) is 28.5 Å². The lowest BCUT2D eigenvalue weighted by atomic mass is 9.68. The van der Waals surface area contributed by atoms with Crippen LogP contribution in [0.25, 0.3) is 10.2 Å². The van der Waals surface area contributed by atoms with E-state index < -0.39 is 17.3 Å². The molecule has 0 bridgehead atoms. The van der Waals surface area contributed by atoms with Gasteiger partial charge in [0.25, 0.3) is 0 Å². The summed E-state index contributed by atoms with van der Waals surface area (Å²) in [5.74, 6) is -1.25. The van der Waals surface area contributed by atoms with Crippen molar-refractivity contribution in [3.8, 4) is 0 Å². The number of aliphatic carboxylic acids is 1. The molecule has 0 unspecified atom stereocenters. The molecule has 1 fully saturated rings. The largest absolute Gasteiger partial charge is 0.481 e. The number of carbonyl (C=O) groups is 2. The molecule has 1 heterocycles. The highest BCUT2D eigenvalue weighted by Gasteiger charge is 2.41. The molecule has 1 aliphatic carbocycles. The molecule has 0 radical (unpaired) electrons. The Morgan fingerprint density at radius 3 is 2.75 bits per heavy atom. The second kappa shape index (κ2) is 9.03. The van der Waals surface area contributed by atoms with E-state index >= 15 is 0 Å². The Balaban J connectivity index is 1.54. The van der Waals surface area contributed by atoms with Gasteiger partial charge in [-0.05, 0) is 56.7 Å². The molecule has 1 aromatic carbocycles. The van der Waals surface area contributed by atoms with Gasteiger partial charge in [-0.15, -0.1) is 11.3 Å². The van der Waals surface area contributed by atoms with Crippen molar-refractivity contribution >= 4 is 33.4 Å². The molecule has 2 aromatic rings. The van der Waals surface area contributed by atoms with Crippen LogP contribution in [0.1, 0.15) is 62.4 Å². The molecular weight excluding hydrogens is 372 g/mol. The molecule has 0 spiro atoms. The van der Waals surface area contributed by atoms with Crippen LogP contribution in [0.2, 0.25) is 0 Å². The van der Waals surface area contributed by atoms with Crippen molar-refractivity contribution in [1.29, 1.82) is 0 Å². The third-order valence-electron chi connectivity index (χ3n) is 5.90. The predicted octanol–water partition coefficient (Wildman–Crippen LogP) is 4.71. The molecule has 5 nitrogen and oxygen atoms in total. The minimum Gasteiger partial charge on any atom is -0.481 e. The van der Waals surface area contributed by atoms with Gasteiger partial charge in [-0.2, -0.15) is 0 Å². The van der Waals surface area contributed by atoms with Crippen LogP contribution in [-0.2, 0) is 16.0 Å². The van der Waals surface area contributed by atoms with Crippen molar-refractivity contribution in [3.05, 3.63) is 28.8 Å². The van der Waals surface area contributed by atoms with E-state index in [1.165, 1.54) is 10.3 Å². The lowest BCUT2D eigenvalue weighted by Crippen LogP contribution is -2.44. The van der Waals surface area contributed by atoms with E-state index in [0.717, 1.165) is 55.5 Å². The molecule has 3 rings (SSSR count). The van der Waals surface area contributed by atoms with Crippen LogP contribution >= 0.6 is 11.3 Å². The van der Waals surface area contributed by atoms with Gasteiger partial charge in [0.1, 0.15) is 0 Å². The monoisotopic (exact) mass is 402 g/mol. The standard InChI is InChI=1S/C22H30N2O3S/c1-15(20(25)26)14-22(10-4-3-5-11-22)21(27)23-12-6-7-17-8-9-18-19(13-17)28-16(2)24-18/h8-9,13,15H,3-7,10-12,14H2,1-2H3,(H,23,27)(H,25,26)/t15-/m1/s1. The van der Waals surface area contributed by atoms with Gasteiger partial charge in [0.2, 0.25) is 5.91 Å². The Hall–Kier alpha value is -1.95. The van der Waals surface area contributed by atoms with Crippen LogP contribution in [0.3, 0.4) is 0 Å². The Bertz CT molecular complexity index is 839. The van der Waals surface area contributed by atoms with Crippen molar-refractivity contribution in [2.24, 2.45) is 11.3 Å². The van der Waals surface area contributed by atoms with Crippen LogP contribution in [-0.4, -0.2) is 28.5 Å². The zero-order valence-electron chi connectivity index (χ0n) is 16.8. The second-order valence-electron chi connectivity index (χ2n) is 8.18. The third kappa shape index (κ3) is 4.90. The number of hydrogen-bond donors (Lipinski definition) is 2. The zero-order chi connectivity index (χ0) is 20.1. The number of thiazole rings is 1. The summed E-state index contributed by atoms with van der Waals surface area (Å²) < 4.78 is 1.21. The number of carboxylic acids is 1. The quantitative estimate of drug-likeness (QED) is 0.627. The van der Waals surface area contributed by atoms with E-state index in [-0.39, 0.29) is 5.91 Å². The number of benzene rings is 1. The number of nitrogens with one attached hydrogen (secondary N) is 1. The lowest BCUT2D eigenvalue weighted by molar-refractivity contribution is -0.144. The zero-order valence-corrected chi connectivity index (χ0v) is 17.6. The van der Waals surface area contributed by atoms with Gasteiger partial charge in [-0.25, -0.2) is 4.98 Å². The first-order valence-electron chi connectivity index (χ1n) is 10.3. The maximum absolute atomic E-state index is 13.0. The molecule has 1 amide bonds. The maximum Gasteiger partial charge on any atom is 0.306 e. The molecule has 28 heavy (non-hydrogen) atoms. The highest BCUT2D eigenvalue weighted by molar-refractivity contribution is 7.18. The van der Waals surface area contributed by atoms with Gasteiger partial charge >= 0.3 is 5.97 Å². The Kier molecular flexibility index (Phi) is 6.70. The summed E-state index contributed by atoms with van der Waals surface area (Å²) in [7, 11) is 0. The number of aromatic nitrogens is 1. The van der Waals surface area contributed by atoms with Gasteiger partial charge in [-0.1, -0.05) is 32.3 Å². The van der Waals surface area contributed by atoms with E-state index in [4.69, 9.17) is 0 Å². The summed E-state index contributed by atoms with van der Waals surface area (Å²) in [6.07, 6.45) is 6.98. The average Bonchev–Trinajstić information content (AvgIpc) is 3.05. The van der Waals surface area contributed by atoms with Gasteiger partial charge in [-0.3, -0.25) is 9.59 Å². The third-order valence-corrected chi connectivity index (χ3v) is 6.83. The maximum atomic E-state index is 13.0. The van der Waals surface area contributed by atoms with Gasteiger partial charge in [0, 0.05) is 12.0 Å². The number of carboxylic acid groups (broad SMARTS) is 1. The smallest absolute Gasteiger partial charge is 0.306 e. The van der Waals surface area contributed by atoms with Crippen molar-refractivity contribution in [2.45, 2.75) is 65.2 Å². The van der Waals surface area contributed by atoms with E-state index in [0.29, 0.717) is 13.0 Å². The fourth-order valence-electron chi connectivity index (χ4n) is 4.35. The number of carbonyl (C=O) groups excluding carboxylic acids is 1. The number of rotatable bonds is 8. The number of fused-ring (bicyclic) bond motifs is 1. The van der Waals surface area contributed by atoms with Crippen LogP contribution in [0.15, 0.2) is 18.2 Å². The van der Waals surface area contributed by atoms with Crippen molar-refractivity contribution < 1.29 is 14.7 Å². The van der Waals surface area contributed by atoms with Crippen LogP contribution in [0.5, 0.6) is 0 Å². The van der Waals surface area contributed by atoms with Gasteiger partial charge in [0.05, 0.1) is 21.1 Å². The van der Waals surface area contributed by atoms with Gasteiger partial charge < -0.3 is 10.4 Å². The van der Waals surface area contributed by atoms with E-state index in [1.54, 1.807) is 18.3 Å². The summed E-state index contributed by atoms with van der Waals surface area (Å²) in [4.78, 5) is 28.8. The lowest BCUT2D eigenvalue weighted by Gasteiger charge is -2.37. The minimum atomic E-state index is -0.813. The highest BCUT2D eigenvalue weighted by atomic mass is 32.1. The minimum absolute atomic E-state index is 0.0498. The summed E-state index contributed by atoms with van der Waals surface area (Å²) >= 11 is 1.71. The fraction of sp³-hybridized carbons (Fsp3) is 0.591. The molecule has 1 aromatic heterocycles. The molecule has 0 aliphatic heterocycles. The molecule has 0 saturated heterocycles. The summed E-state index contributed by atoms with van der Waals surface area (Å²) in [6.45, 7) is 4.36. The van der Waals surface area contributed by atoms with Crippen molar-refractivity contribution in [2.75, 3.05) is 6.54 Å². The first kappa shape index (κ1) is 20.8. The molecule has 152 valence electrons. The summed E-state index contributed by atoms with van der Waals surface area (Å²) in [5.41, 5.74) is 1.80. The fourth-order valence-corrected chi connectivity index (χ4v) is 5.24. The molecule has 2 N–H and O–H groups in total. The number of aryl methyl sites for hydroxylation is 2. The number of nitrogens with zero attached hydrogens (tertiary/aromatic N) is 1. The predicted molar refractivity (Wildman–Crippen MR) is 113 cm³/mol. The SMILES string of the molecule is Cc1nc2ccc(CCCNC(=O)C3(C[C@@H](C)C(=O)O)CCCCC3)cc2s1. The van der Waals surface area contributed by atoms with Crippen LogP contribution < -0.4 is 5.32 Å². The molecule has 1 atom stereocenters. The first-order valence-corrected chi connectivity index (χ1v) is 11.1. The normalized spacial score (nSPS) is 17.4. The van der Waals surface area contributed by atoms with Crippen LogP contribution in [0.4, 0.5) is 0 Å². The van der Waals surface area contributed by atoms with Crippen molar-refractivity contribution in [1.82, 2.24) is 10.3 Å². The molecule has 6 heteroatoms. The van der Waals surface area contributed by atoms with E-state index in [1.807, 2.05) is 6.92 Å².